The molecule has 0 atom stereocenters. The van der Waals surface area contributed by atoms with E-state index >= 15 is 0 Å². The summed E-state index contributed by atoms with van der Waals surface area (Å²) in [6.45, 7) is -4.71. The van der Waals surface area contributed by atoms with Gasteiger partial charge in [0.05, 0.1) is 0 Å². The van der Waals surface area contributed by atoms with Crippen LogP contribution in [0.3, 0.4) is 0 Å². The number of benzene rings is 2. The van der Waals surface area contributed by atoms with E-state index in [2.05, 4.69) is 0 Å². The van der Waals surface area contributed by atoms with Gasteiger partial charge in [0.1, 0.15) is 0 Å². The van der Waals surface area contributed by atoms with E-state index in [1.807, 2.05) is 30.3 Å². The summed E-state index contributed by atoms with van der Waals surface area (Å²) in [5, 5.41) is 2.02. The minimum absolute atomic E-state index is 0.665. The van der Waals surface area contributed by atoms with Crippen molar-refractivity contribution in [2.24, 2.45) is 0 Å². The molecule has 0 saturated heterocycles. The lowest BCUT2D eigenvalue weighted by atomic mass is 9.98. The van der Waals surface area contributed by atoms with Crippen molar-refractivity contribution in [3.63, 3.8) is 0 Å². The van der Waals surface area contributed by atoms with Crippen LogP contribution in [0.5, 0.6) is 0 Å². The van der Waals surface area contributed by atoms with E-state index in [1.165, 1.54) is 0 Å². The van der Waals surface area contributed by atoms with Gasteiger partial charge in [-0.05, 0) is 28.6 Å². The van der Waals surface area contributed by atoms with Gasteiger partial charge in [0.25, 0.3) is 0 Å². The highest BCUT2D eigenvalue weighted by Gasteiger charge is 2.22. The summed E-state index contributed by atoms with van der Waals surface area (Å²) in [6.07, 6.45) is 0. The number of halogens is 3. The van der Waals surface area contributed by atoms with Gasteiger partial charge in [-0.15, -0.1) is 0 Å². The van der Waals surface area contributed by atoms with Crippen molar-refractivity contribution in [1.29, 1.82) is 0 Å². The van der Waals surface area contributed by atoms with E-state index in [1.54, 1.807) is 12.1 Å². The number of hydrogen-bond acceptors (Lipinski definition) is 1. The summed E-state index contributed by atoms with van der Waals surface area (Å²) in [5.74, 6) is 0. The number of hydrogen-bond donors (Lipinski definition) is 0. The van der Waals surface area contributed by atoms with Crippen molar-refractivity contribution in [3.05, 3.63) is 42.5 Å². The smallest absolute Gasteiger partial charge is 0.448 e. The van der Waals surface area contributed by atoms with Gasteiger partial charge in [0, 0.05) is 4.90 Å². The molecule has 2 aromatic carbocycles. The summed E-state index contributed by atoms with van der Waals surface area (Å²) in [7, 11) is 0. The Balaban J connectivity index is 2.20. The van der Waals surface area contributed by atoms with Gasteiger partial charge in [0.2, 0.25) is 0 Å². The normalized spacial score (nSPS) is 11.9. The zero-order valence-electron chi connectivity index (χ0n) is 8.37. The molecule has 0 radical (unpaired) electrons. The summed E-state index contributed by atoms with van der Waals surface area (Å²) in [5.41, 5.74) is -0.779. The average molecular weight is 241 g/mol. The third-order valence-corrected chi connectivity index (χ3v) is 3.29. The maximum Gasteiger partial charge on any atom is 0.488 e. The molecule has 0 saturated carbocycles. The molecule has 0 spiro atoms. The van der Waals surface area contributed by atoms with Gasteiger partial charge in [0.15, 0.2) is 0 Å². The quantitative estimate of drug-likeness (QED) is 0.569. The summed E-state index contributed by atoms with van der Waals surface area (Å²) < 4.78 is 36.3. The van der Waals surface area contributed by atoms with Gasteiger partial charge in [-0.1, -0.05) is 30.3 Å². The first-order valence-corrected chi connectivity index (χ1v) is 5.86. The largest absolute Gasteiger partial charge is 0.488 e. The average Bonchev–Trinajstić information content (AvgIpc) is 2.25. The SMILES string of the molecule is F[B-](F)(F)CSc1ccc2ccccc2c1. The molecule has 16 heavy (non-hydrogen) atoms. The fourth-order valence-corrected chi connectivity index (χ4v) is 2.20. The molecule has 2 rings (SSSR count). The summed E-state index contributed by atoms with van der Waals surface area (Å²) >= 11 is 0.845. The highest BCUT2D eigenvalue weighted by atomic mass is 32.2. The highest BCUT2D eigenvalue weighted by molar-refractivity contribution is 8.00. The Morgan fingerprint density at radius 2 is 1.62 bits per heavy atom. The predicted molar refractivity (Wildman–Crippen MR) is 63.8 cm³/mol. The van der Waals surface area contributed by atoms with E-state index in [9.17, 15) is 12.9 Å². The Morgan fingerprint density at radius 3 is 2.31 bits per heavy atom. The molecule has 0 heterocycles. The molecule has 0 N–H and O–H groups in total. The molecule has 0 aromatic heterocycles. The molecule has 0 amide bonds. The van der Waals surface area contributed by atoms with Crippen molar-refractivity contribution in [3.8, 4) is 0 Å². The van der Waals surface area contributed by atoms with E-state index in [4.69, 9.17) is 0 Å². The Labute approximate surface area is 95.9 Å². The van der Waals surface area contributed by atoms with Crippen LogP contribution in [-0.4, -0.2) is 12.6 Å². The second kappa shape index (κ2) is 4.41. The van der Waals surface area contributed by atoms with E-state index in [0.717, 1.165) is 22.5 Å². The first-order valence-electron chi connectivity index (χ1n) is 4.87. The molecular formula is C11H9BF3S-. The van der Waals surface area contributed by atoms with Crippen molar-refractivity contribution >= 4 is 29.5 Å². The van der Waals surface area contributed by atoms with E-state index < -0.39 is 12.6 Å². The van der Waals surface area contributed by atoms with Crippen molar-refractivity contribution in [1.82, 2.24) is 0 Å². The fourth-order valence-electron chi connectivity index (χ4n) is 1.45. The molecule has 84 valence electrons. The summed E-state index contributed by atoms with van der Waals surface area (Å²) in [6, 6.07) is 13.0. The molecule has 0 unspecified atom stereocenters. The van der Waals surface area contributed by atoms with Crippen LogP contribution in [0.15, 0.2) is 47.4 Å². The van der Waals surface area contributed by atoms with Crippen LogP contribution < -0.4 is 0 Å². The Kier molecular flexibility index (Phi) is 3.14. The van der Waals surface area contributed by atoms with Crippen LogP contribution in [0.1, 0.15) is 0 Å². The molecule has 5 heteroatoms. The van der Waals surface area contributed by atoms with Gasteiger partial charge >= 0.3 is 6.98 Å². The number of fused-ring (bicyclic) bond motifs is 1. The summed E-state index contributed by atoms with van der Waals surface area (Å²) in [4.78, 5) is 0.665. The first-order chi connectivity index (χ1) is 7.54. The van der Waals surface area contributed by atoms with Gasteiger partial charge in [-0.2, -0.15) is 11.8 Å². The van der Waals surface area contributed by atoms with E-state index in [-0.39, 0.29) is 0 Å². The molecule has 2 aromatic rings. The number of thioether (sulfide) groups is 1. The highest BCUT2D eigenvalue weighted by Crippen LogP contribution is 2.27. The third-order valence-electron chi connectivity index (χ3n) is 2.16. The van der Waals surface area contributed by atoms with Crippen molar-refractivity contribution < 1.29 is 12.9 Å². The minimum Gasteiger partial charge on any atom is -0.448 e. The minimum atomic E-state index is -4.71. The lowest BCUT2D eigenvalue weighted by molar-refractivity contribution is 0.485. The monoisotopic (exact) mass is 241 g/mol. The lowest BCUT2D eigenvalue weighted by Crippen LogP contribution is -2.18. The van der Waals surface area contributed by atoms with Gasteiger partial charge in [-0.3, -0.25) is 0 Å². The van der Waals surface area contributed by atoms with Crippen LogP contribution in [0.2, 0.25) is 0 Å². The second-order valence-corrected chi connectivity index (χ2v) is 4.62. The molecule has 0 aliphatic rings. The topological polar surface area (TPSA) is 0 Å². The zero-order valence-corrected chi connectivity index (χ0v) is 9.18. The molecule has 0 aliphatic heterocycles. The van der Waals surface area contributed by atoms with Crippen molar-refractivity contribution in [2.75, 3.05) is 5.65 Å². The standard InChI is InChI=1S/C11H9BF3S/c13-12(14,15)8-16-11-6-5-9-3-1-2-4-10(9)7-11/h1-7H,8H2/q-1. The molecule has 0 fully saturated rings. The Hall–Kier alpha value is -1.10. The molecule has 0 aliphatic carbocycles. The first kappa shape index (κ1) is 11.4. The van der Waals surface area contributed by atoms with Crippen LogP contribution >= 0.6 is 11.8 Å². The van der Waals surface area contributed by atoms with Crippen molar-refractivity contribution in [2.45, 2.75) is 4.90 Å². The van der Waals surface area contributed by atoms with Gasteiger partial charge in [-0.25, -0.2) is 0 Å². The Bertz CT molecular complexity index is 496. The third kappa shape index (κ3) is 2.95. The second-order valence-electron chi connectivity index (χ2n) is 3.53. The zero-order chi connectivity index (χ0) is 11.6. The molecular weight excluding hydrogens is 232 g/mol. The van der Waals surface area contributed by atoms with Crippen LogP contribution in [0, 0.1) is 0 Å². The lowest BCUT2D eigenvalue weighted by Gasteiger charge is -2.12. The van der Waals surface area contributed by atoms with Crippen LogP contribution in [0.25, 0.3) is 10.8 Å². The van der Waals surface area contributed by atoms with Crippen LogP contribution in [-0.2, 0) is 0 Å². The fraction of sp³-hybridized carbons (Fsp3) is 0.0909. The maximum absolute atomic E-state index is 12.1. The molecule has 0 bridgehead atoms. The van der Waals surface area contributed by atoms with E-state index in [0.29, 0.717) is 4.90 Å². The molecule has 0 nitrogen and oxygen atoms in total. The maximum atomic E-state index is 12.1. The van der Waals surface area contributed by atoms with Gasteiger partial charge < -0.3 is 12.9 Å². The van der Waals surface area contributed by atoms with Crippen LogP contribution in [0.4, 0.5) is 12.9 Å². The number of rotatable bonds is 3. The predicted octanol–water partition coefficient (Wildman–Crippen LogP) is 4.32. The Morgan fingerprint density at radius 1 is 0.938 bits per heavy atom.